The third-order valence-corrected chi connectivity index (χ3v) is 5.74. The molecular formula is C20H27F3N2O5. The summed E-state index contributed by atoms with van der Waals surface area (Å²) in [7, 11) is 1.76. The highest BCUT2D eigenvalue weighted by Crippen LogP contribution is 2.44. The summed E-state index contributed by atoms with van der Waals surface area (Å²) >= 11 is 0. The Hall–Kier alpha value is -2.20. The molecule has 0 radical (unpaired) electrons. The molecule has 0 aromatic carbocycles. The smallest absolute Gasteiger partial charge is 0.475 e. The molecule has 10 heteroatoms. The van der Waals surface area contributed by atoms with Crippen molar-refractivity contribution in [2.45, 2.75) is 32.4 Å². The summed E-state index contributed by atoms with van der Waals surface area (Å²) in [5, 5.41) is 7.12. The fraction of sp³-hybridized carbons (Fsp3) is 0.650. The zero-order valence-electron chi connectivity index (χ0n) is 17.1. The number of methoxy groups -OCH3 is 1. The Bertz CT molecular complexity index is 714. The van der Waals surface area contributed by atoms with Crippen LogP contribution in [0.3, 0.4) is 0 Å². The molecule has 1 amide bonds. The zero-order valence-corrected chi connectivity index (χ0v) is 17.1. The second-order valence-electron chi connectivity index (χ2n) is 7.62. The van der Waals surface area contributed by atoms with E-state index in [0.29, 0.717) is 11.5 Å². The van der Waals surface area contributed by atoms with Crippen molar-refractivity contribution in [3.63, 3.8) is 0 Å². The van der Waals surface area contributed by atoms with Gasteiger partial charge in [0.05, 0.1) is 18.8 Å². The minimum absolute atomic E-state index is 0.0997. The fourth-order valence-corrected chi connectivity index (χ4v) is 3.90. The first-order valence-corrected chi connectivity index (χ1v) is 9.68. The molecule has 2 aliphatic heterocycles. The van der Waals surface area contributed by atoms with Crippen molar-refractivity contribution < 1.29 is 37.3 Å². The number of carbonyl (C=O) groups excluding carboxylic acids is 1. The number of pyridine rings is 1. The molecule has 2 aliphatic rings. The summed E-state index contributed by atoms with van der Waals surface area (Å²) in [4.78, 5) is 27.7. The van der Waals surface area contributed by atoms with Crippen LogP contribution in [0, 0.1) is 18.3 Å². The van der Waals surface area contributed by atoms with Crippen LogP contribution < -0.4 is 0 Å². The fourth-order valence-electron chi connectivity index (χ4n) is 3.90. The lowest BCUT2D eigenvalue weighted by Crippen LogP contribution is -2.50. The second kappa shape index (κ2) is 10.2. The number of alkyl halides is 3. The molecule has 7 nitrogen and oxygen atoms in total. The minimum atomic E-state index is -5.08. The number of likely N-dealkylation sites (tertiary alicyclic amines) is 1. The van der Waals surface area contributed by atoms with Crippen LogP contribution in [-0.4, -0.2) is 73.1 Å². The third-order valence-electron chi connectivity index (χ3n) is 5.74. The maximum Gasteiger partial charge on any atom is 0.490 e. The Labute approximate surface area is 173 Å². The van der Waals surface area contributed by atoms with Crippen molar-refractivity contribution in [2.75, 3.05) is 40.0 Å². The SMILES string of the molecule is COCC1COCCC12CCN(C(=O)c1ccc(C)nc1)CC2.O=C(O)C(F)(F)F. The van der Waals surface area contributed by atoms with Gasteiger partial charge in [0.25, 0.3) is 5.91 Å². The van der Waals surface area contributed by atoms with Gasteiger partial charge in [-0.05, 0) is 43.7 Å². The molecule has 1 aromatic rings. The van der Waals surface area contributed by atoms with Gasteiger partial charge in [-0.2, -0.15) is 13.2 Å². The number of aromatic nitrogens is 1. The van der Waals surface area contributed by atoms with E-state index in [0.717, 1.165) is 57.9 Å². The maximum atomic E-state index is 12.6. The van der Waals surface area contributed by atoms with Crippen molar-refractivity contribution in [2.24, 2.45) is 11.3 Å². The van der Waals surface area contributed by atoms with Gasteiger partial charge < -0.3 is 19.5 Å². The number of aliphatic carboxylic acids is 1. The van der Waals surface area contributed by atoms with E-state index in [2.05, 4.69) is 4.98 Å². The molecular weight excluding hydrogens is 405 g/mol. The van der Waals surface area contributed by atoms with E-state index in [-0.39, 0.29) is 11.3 Å². The molecule has 30 heavy (non-hydrogen) atoms. The number of ether oxygens (including phenoxy) is 2. The van der Waals surface area contributed by atoms with Crippen LogP contribution >= 0.6 is 0 Å². The van der Waals surface area contributed by atoms with Gasteiger partial charge in [-0.3, -0.25) is 9.78 Å². The maximum absolute atomic E-state index is 12.6. The van der Waals surface area contributed by atoms with Crippen LogP contribution in [0.2, 0.25) is 0 Å². The Balaban J connectivity index is 0.000000396. The molecule has 1 aromatic heterocycles. The average molecular weight is 432 g/mol. The van der Waals surface area contributed by atoms with Gasteiger partial charge >= 0.3 is 12.1 Å². The molecule has 1 unspecified atom stereocenters. The normalized spacial score (nSPS) is 21.0. The predicted molar refractivity (Wildman–Crippen MR) is 101 cm³/mol. The molecule has 1 atom stereocenters. The van der Waals surface area contributed by atoms with E-state index in [1.54, 1.807) is 13.3 Å². The summed E-state index contributed by atoms with van der Waals surface area (Å²) in [5.74, 6) is -2.21. The summed E-state index contributed by atoms with van der Waals surface area (Å²) in [6.07, 6.45) is -0.246. The first kappa shape index (κ1) is 24.1. The van der Waals surface area contributed by atoms with Crippen LogP contribution in [0.4, 0.5) is 13.2 Å². The van der Waals surface area contributed by atoms with E-state index >= 15 is 0 Å². The van der Waals surface area contributed by atoms with Crippen molar-refractivity contribution in [3.05, 3.63) is 29.6 Å². The number of carbonyl (C=O) groups is 2. The zero-order chi connectivity index (χ0) is 22.4. The molecule has 168 valence electrons. The molecule has 1 spiro atoms. The van der Waals surface area contributed by atoms with Gasteiger partial charge in [0.15, 0.2) is 0 Å². The lowest BCUT2D eigenvalue weighted by Gasteiger charge is -2.48. The summed E-state index contributed by atoms with van der Waals surface area (Å²) in [6, 6.07) is 3.77. The largest absolute Gasteiger partial charge is 0.490 e. The van der Waals surface area contributed by atoms with Crippen LogP contribution in [-0.2, 0) is 14.3 Å². The molecule has 1 N–H and O–H groups in total. The number of halogens is 3. The molecule has 0 aliphatic carbocycles. The predicted octanol–water partition coefficient (Wildman–Crippen LogP) is 2.93. The Kier molecular flexibility index (Phi) is 8.19. The monoisotopic (exact) mass is 432 g/mol. The topological polar surface area (TPSA) is 89.0 Å². The Morgan fingerprint density at radius 3 is 2.43 bits per heavy atom. The molecule has 0 saturated carbocycles. The number of aryl methyl sites for hydroxylation is 1. The van der Waals surface area contributed by atoms with Crippen molar-refractivity contribution in [3.8, 4) is 0 Å². The van der Waals surface area contributed by atoms with Crippen molar-refractivity contribution in [1.29, 1.82) is 0 Å². The summed E-state index contributed by atoms with van der Waals surface area (Å²) < 4.78 is 42.8. The summed E-state index contributed by atoms with van der Waals surface area (Å²) in [6.45, 7) is 5.91. The Morgan fingerprint density at radius 2 is 1.93 bits per heavy atom. The number of carboxylic acids is 1. The van der Waals surface area contributed by atoms with Crippen molar-refractivity contribution in [1.82, 2.24) is 9.88 Å². The molecule has 2 saturated heterocycles. The van der Waals surface area contributed by atoms with Gasteiger partial charge in [0.1, 0.15) is 0 Å². The van der Waals surface area contributed by atoms with E-state index in [1.165, 1.54) is 0 Å². The van der Waals surface area contributed by atoms with Gasteiger partial charge in [0, 0.05) is 44.6 Å². The van der Waals surface area contributed by atoms with Gasteiger partial charge in [-0.15, -0.1) is 0 Å². The number of amides is 1. The van der Waals surface area contributed by atoms with Crippen molar-refractivity contribution >= 4 is 11.9 Å². The van der Waals surface area contributed by atoms with E-state index < -0.39 is 12.1 Å². The standard InChI is InChI=1S/C18H26N2O3.C2HF3O2/c1-14-3-4-15(11-19-14)17(21)20-8-5-18(6-9-20)7-10-23-13-16(18)12-22-2;3-2(4,5)1(6)7/h3-4,11,16H,5-10,12-13H2,1-2H3;(H,6,7). The molecule has 0 bridgehead atoms. The first-order chi connectivity index (χ1) is 14.1. The third kappa shape index (κ3) is 6.15. The number of carboxylic acid groups (broad SMARTS) is 1. The number of nitrogens with zero attached hydrogens (tertiary/aromatic N) is 2. The summed E-state index contributed by atoms with van der Waals surface area (Å²) in [5.41, 5.74) is 1.90. The molecule has 3 rings (SSSR count). The number of piperidine rings is 1. The number of hydrogen-bond donors (Lipinski definition) is 1. The van der Waals surface area contributed by atoms with E-state index in [1.807, 2.05) is 24.0 Å². The van der Waals surface area contributed by atoms with Gasteiger partial charge in [-0.25, -0.2) is 4.79 Å². The highest BCUT2D eigenvalue weighted by Gasteiger charge is 2.44. The average Bonchev–Trinajstić information content (AvgIpc) is 2.70. The molecule has 2 fully saturated rings. The van der Waals surface area contributed by atoms with E-state index in [4.69, 9.17) is 19.4 Å². The highest BCUT2D eigenvalue weighted by atomic mass is 19.4. The quantitative estimate of drug-likeness (QED) is 0.790. The highest BCUT2D eigenvalue weighted by molar-refractivity contribution is 5.94. The van der Waals surface area contributed by atoms with Crippen LogP contribution in [0.1, 0.15) is 35.3 Å². The van der Waals surface area contributed by atoms with Crippen LogP contribution in [0.25, 0.3) is 0 Å². The number of hydrogen-bond acceptors (Lipinski definition) is 5. The van der Waals surface area contributed by atoms with Gasteiger partial charge in [-0.1, -0.05) is 0 Å². The molecule has 3 heterocycles. The van der Waals surface area contributed by atoms with Crippen LogP contribution in [0.15, 0.2) is 18.3 Å². The Morgan fingerprint density at radius 1 is 1.30 bits per heavy atom. The van der Waals surface area contributed by atoms with E-state index in [9.17, 15) is 18.0 Å². The lowest BCUT2D eigenvalue weighted by atomic mass is 9.66. The number of rotatable bonds is 3. The van der Waals surface area contributed by atoms with Crippen LogP contribution in [0.5, 0.6) is 0 Å². The minimum Gasteiger partial charge on any atom is -0.475 e. The lowest BCUT2D eigenvalue weighted by molar-refractivity contribution is -0.192. The van der Waals surface area contributed by atoms with Gasteiger partial charge in [0.2, 0.25) is 0 Å². The first-order valence-electron chi connectivity index (χ1n) is 9.68. The second-order valence-corrected chi connectivity index (χ2v) is 7.62.